The predicted molar refractivity (Wildman–Crippen MR) is 45.6 cm³/mol. The highest BCUT2D eigenvalue weighted by molar-refractivity contribution is 4.84. The van der Waals surface area contributed by atoms with Crippen LogP contribution in [0.3, 0.4) is 0 Å². The average Bonchev–Trinajstić information content (AvgIpc) is 2.58. The minimum absolute atomic E-state index is 0.659. The molecule has 1 aliphatic carbocycles. The lowest BCUT2D eigenvalue weighted by Gasteiger charge is -2.27. The van der Waals surface area contributed by atoms with E-state index in [1.165, 1.54) is 25.7 Å². The first-order valence-electron chi connectivity index (χ1n) is 4.84. The molecule has 2 fully saturated rings. The van der Waals surface area contributed by atoms with Gasteiger partial charge in [-0.05, 0) is 18.8 Å². The topological polar surface area (TPSA) is 26.1 Å². The second kappa shape index (κ2) is 3.55. The zero-order valence-electron chi connectivity index (χ0n) is 7.05. The lowest BCUT2D eigenvalue weighted by Crippen LogP contribution is -2.47. The molecule has 1 saturated carbocycles. The molecule has 0 spiro atoms. The normalized spacial score (nSPS) is 34.4. The molecule has 2 nitrogen and oxygen atoms in total. The second-order valence-electron chi connectivity index (χ2n) is 3.72. The molecule has 2 heteroatoms. The summed E-state index contributed by atoms with van der Waals surface area (Å²) in [7, 11) is 0. The van der Waals surface area contributed by atoms with Gasteiger partial charge in [-0.2, -0.15) is 0 Å². The van der Waals surface area contributed by atoms with Crippen LogP contribution < -0.4 is 10.6 Å². The predicted octanol–water partition coefficient (Wildman–Crippen LogP) is 0.753. The van der Waals surface area contributed by atoms with Gasteiger partial charge in [0.2, 0.25) is 0 Å². The smallest absolute Gasteiger partial charge is 0.0399 e. The third-order valence-corrected chi connectivity index (χ3v) is 2.95. The number of nitrogens with one attached hydrogen (secondary N) is 1. The molecule has 2 aliphatic rings. The van der Waals surface area contributed by atoms with Crippen LogP contribution >= 0.6 is 0 Å². The van der Waals surface area contributed by atoms with Gasteiger partial charge in [0.1, 0.15) is 0 Å². The Bertz CT molecular complexity index is 113. The quantitative estimate of drug-likeness (QED) is 0.591. The molecule has 1 heterocycles. The molecule has 1 radical (unpaired) electrons. The molecule has 1 saturated heterocycles. The van der Waals surface area contributed by atoms with Crippen molar-refractivity contribution in [2.45, 2.75) is 31.7 Å². The summed E-state index contributed by atoms with van der Waals surface area (Å²) >= 11 is 0. The minimum atomic E-state index is 0.659. The standard InChI is InChI=1S/C9H17N2/c1-2-4-8(3-1)9-7-10-5-6-11-9/h8-10H,1-7H2. The maximum atomic E-state index is 4.65. The van der Waals surface area contributed by atoms with Crippen LogP contribution in [-0.4, -0.2) is 25.7 Å². The van der Waals surface area contributed by atoms with Crippen LogP contribution in [0.2, 0.25) is 0 Å². The Labute approximate surface area is 68.7 Å². The lowest BCUT2D eigenvalue weighted by atomic mass is 9.97. The van der Waals surface area contributed by atoms with E-state index < -0.39 is 0 Å². The van der Waals surface area contributed by atoms with Crippen molar-refractivity contribution in [1.29, 1.82) is 0 Å². The molecule has 1 unspecified atom stereocenters. The molecule has 0 bridgehead atoms. The van der Waals surface area contributed by atoms with Crippen molar-refractivity contribution in [2.24, 2.45) is 5.92 Å². The average molecular weight is 153 g/mol. The second-order valence-corrected chi connectivity index (χ2v) is 3.72. The van der Waals surface area contributed by atoms with E-state index in [4.69, 9.17) is 0 Å². The zero-order valence-corrected chi connectivity index (χ0v) is 7.05. The van der Waals surface area contributed by atoms with Gasteiger partial charge in [-0.15, -0.1) is 0 Å². The van der Waals surface area contributed by atoms with Crippen molar-refractivity contribution in [3.05, 3.63) is 0 Å². The summed E-state index contributed by atoms with van der Waals surface area (Å²) in [5.41, 5.74) is 0. The zero-order chi connectivity index (χ0) is 7.52. The van der Waals surface area contributed by atoms with Crippen LogP contribution in [-0.2, 0) is 0 Å². The van der Waals surface area contributed by atoms with Gasteiger partial charge in [0.05, 0.1) is 0 Å². The molecule has 0 aromatic heterocycles. The highest BCUT2D eigenvalue weighted by Crippen LogP contribution is 2.28. The molecule has 0 aromatic carbocycles. The van der Waals surface area contributed by atoms with E-state index in [9.17, 15) is 0 Å². The summed E-state index contributed by atoms with van der Waals surface area (Å²) in [6, 6.07) is 0.659. The van der Waals surface area contributed by atoms with E-state index in [1.54, 1.807) is 0 Å². The Morgan fingerprint density at radius 2 is 2.00 bits per heavy atom. The first kappa shape index (κ1) is 7.56. The highest BCUT2D eigenvalue weighted by Gasteiger charge is 2.26. The van der Waals surface area contributed by atoms with Crippen molar-refractivity contribution < 1.29 is 0 Å². The molecule has 0 amide bonds. The van der Waals surface area contributed by atoms with E-state index in [0.29, 0.717) is 6.04 Å². The molecule has 0 aromatic rings. The fraction of sp³-hybridized carbons (Fsp3) is 1.00. The third-order valence-electron chi connectivity index (χ3n) is 2.95. The van der Waals surface area contributed by atoms with Gasteiger partial charge >= 0.3 is 0 Å². The summed E-state index contributed by atoms with van der Waals surface area (Å²) in [6.45, 7) is 3.29. The van der Waals surface area contributed by atoms with Gasteiger partial charge in [-0.3, -0.25) is 0 Å². The Balaban J connectivity index is 1.82. The summed E-state index contributed by atoms with van der Waals surface area (Å²) in [6.07, 6.45) is 5.74. The van der Waals surface area contributed by atoms with Crippen LogP contribution in [0.15, 0.2) is 0 Å². The van der Waals surface area contributed by atoms with E-state index in [2.05, 4.69) is 10.6 Å². The number of hydrogen-bond donors (Lipinski definition) is 1. The molecule has 1 aliphatic heterocycles. The van der Waals surface area contributed by atoms with Gasteiger partial charge in [-0.1, -0.05) is 12.8 Å². The Morgan fingerprint density at radius 3 is 2.64 bits per heavy atom. The molecule has 11 heavy (non-hydrogen) atoms. The molecular weight excluding hydrogens is 136 g/mol. The fourth-order valence-electron chi connectivity index (χ4n) is 2.28. The van der Waals surface area contributed by atoms with E-state index in [1.807, 2.05) is 0 Å². The number of piperazine rings is 1. The molecular formula is C9H17N2. The van der Waals surface area contributed by atoms with Gasteiger partial charge in [0.25, 0.3) is 0 Å². The third kappa shape index (κ3) is 1.74. The number of nitrogens with zero attached hydrogens (tertiary/aromatic N) is 1. The molecule has 1 N–H and O–H groups in total. The maximum absolute atomic E-state index is 4.65. The number of rotatable bonds is 1. The SMILES string of the molecule is C1CCC(C2CNCC[N]2)C1. The summed E-state index contributed by atoms with van der Waals surface area (Å²) in [5, 5.41) is 8.07. The first-order valence-corrected chi connectivity index (χ1v) is 4.84. The van der Waals surface area contributed by atoms with E-state index in [-0.39, 0.29) is 0 Å². The molecule has 63 valence electrons. The Kier molecular flexibility index (Phi) is 2.44. The van der Waals surface area contributed by atoms with Crippen molar-refractivity contribution in [3.63, 3.8) is 0 Å². The van der Waals surface area contributed by atoms with E-state index >= 15 is 0 Å². The largest absolute Gasteiger partial charge is 0.314 e. The Hall–Kier alpha value is -0.0800. The molecule has 2 rings (SSSR count). The summed E-state index contributed by atoms with van der Waals surface area (Å²) in [5.74, 6) is 0.919. The van der Waals surface area contributed by atoms with Crippen LogP contribution in [0, 0.1) is 5.92 Å². The van der Waals surface area contributed by atoms with Gasteiger partial charge in [-0.25, -0.2) is 5.32 Å². The van der Waals surface area contributed by atoms with Crippen molar-refractivity contribution in [3.8, 4) is 0 Å². The van der Waals surface area contributed by atoms with Crippen LogP contribution in [0.5, 0.6) is 0 Å². The van der Waals surface area contributed by atoms with Gasteiger partial charge < -0.3 is 5.32 Å². The number of hydrogen-bond acceptors (Lipinski definition) is 1. The van der Waals surface area contributed by atoms with Crippen LogP contribution in [0.4, 0.5) is 0 Å². The minimum Gasteiger partial charge on any atom is -0.314 e. The highest BCUT2D eigenvalue weighted by atomic mass is 15.1. The lowest BCUT2D eigenvalue weighted by molar-refractivity contribution is 0.307. The van der Waals surface area contributed by atoms with Gasteiger partial charge in [0.15, 0.2) is 0 Å². The Morgan fingerprint density at radius 1 is 1.18 bits per heavy atom. The van der Waals surface area contributed by atoms with Crippen LogP contribution in [0.25, 0.3) is 0 Å². The van der Waals surface area contributed by atoms with Crippen molar-refractivity contribution in [1.82, 2.24) is 10.6 Å². The van der Waals surface area contributed by atoms with Gasteiger partial charge in [0, 0.05) is 25.7 Å². The first-order chi connectivity index (χ1) is 5.47. The van der Waals surface area contributed by atoms with Crippen LogP contribution in [0.1, 0.15) is 25.7 Å². The van der Waals surface area contributed by atoms with E-state index in [0.717, 1.165) is 25.6 Å². The maximum Gasteiger partial charge on any atom is 0.0399 e. The van der Waals surface area contributed by atoms with Crippen molar-refractivity contribution >= 4 is 0 Å². The monoisotopic (exact) mass is 153 g/mol. The fourth-order valence-corrected chi connectivity index (χ4v) is 2.28. The summed E-state index contributed by atoms with van der Waals surface area (Å²) < 4.78 is 0. The summed E-state index contributed by atoms with van der Waals surface area (Å²) in [4.78, 5) is 0. The molecule has 1 atom stereocenters. The van der Waals surface area contributed by atoms with Crippen molar-refractivity contribution in [2.75, 3.05) is 19.6 Å².